The Kier molecular flexibility index (Phi) is 4.66. The molecule has 6 nitrogen and oxygen atoms in total. The van der Waals surface area contributed by atoms with Crippen LogP contribution in [0.3, 0.4) is 0 Å². The molecule has 1 aliphatic heterocycles. The Bertz CT molecular complexity index is 770. The van der Waals surface area contributed by atoms with E-state index in [0.717, 1.165) is 54.6 Å². The van der Waals surface area contributed by atoms with E-state index in [1.54, 1.807) is 0 Å². The molecule has 3 aliphatic rings. The third-order valence-corrected chi connectivity index (χ3v) is 6.33. The van der Waals surface area contributed by atoms with Gasteiger partial charge in [0.2, 0.25) is 5.91 Å². The highest BCUT2D eigenvalue weighted by atomic mass is 16.2. The molecule has 1 atom stereocenters. The molecule has 1 saturated heterocycles. The van der Waals surface area contributed by atoms with Crippen molar-refractivity contribution in [2.24, 2.45) is 5.92 Å². The van der Waals surface area contributed by atoms with Crippen LogP contribution in [0.4, 0.5) is 4.79 Å². The van der Waals surface area contributed by atoms with E-state index in [9.17, 15) is 14.4 Å². The fourth-order valence-corrected chi connectivity index (χ4v) is 4.78. The molecule has 4 amide bonds. The zero-order valence-electron chi connectivity index (χ0n) is 15.8. The van der Waals surface area contributed by atoms with E-state index in [0.29, 0.717) is 12.3 Å². The Balaban J connectivity index is 1.47. The Morgan fingerprint density at radius 3 is 2.74 bits per heavy atom. The summed E-state index contributed by atoms with van der Waals surface area (Å²) in [5.41, 5.74) is 0.964. The molecule has 1 aromatic rings. The first-order valence-corrected chi connectivity index (χ1v) is 10.0. The second-order valence-electron chi connectivity index (χ2n) is 8.26. The molecule has 1 heterocycles. The number of carbonyl (C=O) groups excluding carboxylic acids is 3. The molecular weight excluding hydrogens is 342 g/mol. The van der Waals surface area contributed by atoms with Crippen LogP contribution in [0, 0.1) is 5.92 Å². The molecule has 0 radical (unpaired) electrons. The highest BCUT2D eigenvalue weighted by molar-refractivity contribution is 6.09. The number of amides is 4. The first-order chi connectivity index (χ1) is 13.0. The number of fused-ring (bicyclic) bond motifs is 2. The van der Waals surface area contributed by atoms with Gasteiger partial charge in [-0.15, -0.1) is 0 Å². The number of nitrogens with one attached hydrogen (secondary N) is 2. The van der Waals surface area contributed by atoms with Gasteiger partial charge in [-0.1, -0.05) is 31.2 Å². The summed E-state index contributed by atoms with van der Waals surface area (Å²) in [6.45, 7) is 2.02. The molecule has 0 bridgehead atoms. The number of nitrogens with zero attached hydrogens (tertiary/aromatic N) is 1. The SMILES string of the molecule is CC1CCC(NC(=O)CN2C(=O)N[C@]3(CCCc4ccccc43)C2=O)CC1. The predicted octanol–water partition coefficient (Wildman–Crippen LogP) is 2.46. The molecule has 1 saturated carbocycles. The monoisotopic (exact) mass is 369 g/mol. The highest BCUT2D eigenvalue weighted by Crippen LogP contribution is 2.39. The first kappa shape index (κ1) is 18.0. The first-order valence-electron chi connectivity index (χ1n) is 10.0. The van der Waals surface area contributed by atoms with Crippen LogP contribution in [0.15, 0.2) is 24.3 Å². The molecule has 144 valence electrons. The minimum absolute atomic E-state index is 0.152. The second kappa shape index (κ2) is 6.98. The van der Waals surface area contributed by atoms with Gasteiger partial charge in [-0.25, -0.2) is 4.79 Å². The number of imide groups is 1. The van der Waals surface area contributed by atoms with Gasteiger partial charge in [0.25, 0.3) is 5.91 Å². The van der Waals surface area contributed by atoms with E-state index < -0.39 is 11.6 Å². The van der Waals surface area contributed by atoms with Crippen LogP contribution in [-0.2, 0) is 21.5 Å². The summed E-state index contributed by atoms with van der Waals surface area (Å²) in [6, 6.07) is 7.46. The number of aryl methyl sites for hydroxylation is 1. The Morgan fingerprint density at radius 1 is 1.22 bits per heavy atom. The highest BCUT2D eigenvalue weighted by Gasteiger charge is 2.54. The van der Waals surface area contributed by atoms with Gasteiger partial charge >= 0.3 is 6.03 Å². The molecule has 2 fully saturated rings. The van der Waals surface area contributed by atoms with Gasteiger partial charge in [0.05, 0.1) is 0 Å². The van der Waals surface area contributed by atoms with E-state index in [4.69, 9.17) is 0 Å². The number of rotatable bonds is 3. The zero-order chi connectivity index (χ0) is 19.0. The summed E-state index contributed by atoms with van der Waals surface area (Å²) in [6.07, 6.45) is 6.45. The summed E-state index contributed by atoms with van der Waals surface area (Å²) in [5.74, 6) is 0.154. The summed E-state index contributed by atoms with van der Waals surface area (Å²) in [7, 11) is 0. The van der Waals surface area contributed by atoms with Crippen molar-refractivity contribution in [1.29, 1.82) is 0 Å². The maximum Gasteiger partial charge on any atom is 0.325 e. The minimum atomic E-state index is -1.01. The topological polar surface area (TPSA) is 78.5 Å². The number of hydrogen-bond donors (Lipinski definition) is 2. The smallest absolute Gasteiger partial charge is 0.325 e. The van der Waals surface area contributed by atoms with Crippen molar-refractivity contribution >= 4 is 17.8 Å². The number of hydrogen-bond acceptors (Lipinski definition) is 3. The molecular formula is C21H27N3O3. The maximum atomic E-state index is 13.2. The van der Waals surface area contributed by atoms with Crippen LogP contribution in [-0.4, -0.2) is 35.3 Å². The fraction of sp³-hybridized carbons (Fsp3) is 0.571. The predicted molar refractivity (Wildman–Crippen MR) is 101 cm³/mol. The van der Waals surface area contributed by atoms with Crippen LogP contribution in [0.25, 0.3) is 0 Å². The molecule has 2 N–H and O–H groups in total. The number of benzene rings is 1. The van der Waals surface area contributed by atoms with Gasteiger partial charge in [-0.3, -0.25) is 14.5 Å². The van der Waals surface area contributed by atoms with Crippen LogP contribution in [0.5, 0.6) is 0 Å². The largest absolute Gasteiger partial charge is 0.352 e. The molecule has 0 aromatic heterocycles. The van der Waals surface area contributed by atoms with Gasteiger partial charge in [-0.2, -0.15) is 0 Å². The standard InChI is InChI=1S/C21H27N3O3/c1-14-8-10-16(11-9-14)22-18(25)13-24-19(26)21(23-20(24)27)12-4-6-15-5-2-3-7-17(15)21/h2-3,5,7,14,16H,4,6,8-13H2,1H3,(H,22,25)(H,23,27)/t14?,16?,21-/m0/s1. The lowest BCUT2D eigenvalue weighted by Gasteiger charge is -2.33. The van der Waals surface area contributed by atoms with E-state index >= 15 is 0 Å². The molecule has 4 rings (SSSR count). The van der Waals surface area contributed by atoms with Gasteiger partial charge in [0.15, 0.2) is 0 Å². The van der Waals surface area contributed by atoms with Crippen molar-refractivity contribution in [1.82, 2.24) is 15.5 Å². The average molecular weight is 369 g/mol. The van der Waals surface area contributed by atoms with Crippen molar-refractivity contribution in [3.63, 3.8) is 0 Å². The van der Waals surface area contributed by atoms with Crippen molar-refractivity contribution < 1.29 is 14.4 Å². The van der Waals surface area contributed by atoms with Crippen LogP contribution in [0.2, 0.25) is 0 Å². The van der Waals surface area contributed by atoms with Gasteiger partial charge in [0.1, 0.15) is 12.1 Å². The zero-order valence-corrected chi connectivity index (χ0v) is 15.8. The lowest BCUT2D eigenvalue weighted by molar-refractivity contribution is -0.136. The van der Waals surface area contributed by atoms with Crippen molar-refractivity contribution in [2.75, 3.05) is 6.54 Å². The molecule has 2 aliphatic carbocycles. The number of carbonyl (C=O) groups is 3. The van der Waals surface area contributed by atoms with Crippen molar-refractivity contribution in [3.8, 4) is 0 Å². The summed E-state index contributed by atoms with van der Waals surface area (Å²) < 4.78 is 0. The molecule has 27 heavy (non-hydrogen) atoms. The average Bonchev–Trinajstić information content (AvgIpc) is 2.89. The quantitative estimate of drug-likeness (QED) is 0.804. The number of urea groups is 1. The Hall–Kier alpha value is -2.37. The van der Waals surface area contributed by atoms with Crippen LogP contribution in [0.1, 0.15) is 56.6 Å². The van der Waals surface area contributed by atoms with E-state index in [1.807, 2.05) is 24.3 Å². The van der Waals surface area contributed by atoms with Gasteiger partial charge in [0, 0.05) is 6.04 Å². The van der Waals surface area contributed by atoms with Gasteiger partial charge in [-0.05, 0) is 62.0 Å². The summed E-state index contributed by atoms with van der Waals surface area (Å²) >= 11 is 0. The third kappa shape index (κ3) is 3.22. The Morgan fingerprint density at radius 2 is 1.96 bits per heavy atom. The third-order valence-electron chi connectivity index (χ3n) is 6.33. The summed E-state index contributed by atoms with van der Waals surface area (Å²) in [4.78, 5) is 39.3. The molecule has 1 spiro atoms. The Labute approximate surface area is 159 Å². The molecule has 1 aromatic carbocycles. The second-order valence-corrected chi connectivity index (χ2v) is 8.26. The van der Waals surface area contributed by atoms with Gasteiger partial charge < -0.3 is 10.6 Å². The van der Waals surface area contributed by atoms with E-state index in [2.05, 4.69) is 17.6 Å². The van der Waals surface area contributed by atoms with Crippen LogP contribution >= 0.6 is 0 Å². The lowest BCUT2D eigenvalue weighted by atomic mass is 9.76. The molecule has 6 heteroatoms. The van der Waals surface area contributed by atoms with E-state index in [1.165, 1.54) is 0 Å². The normalized spacial score (nSPS) is 30.2. The maximum absolute atomic E-state index is 13.2. The summed E-state index contributed by atoms with van der Waals surface area (Å²) in [5, 5.41) is 5.90. The fourth-order valence-electron chi connectivity index (χ4n) is 4.78. The molecule has 0 unspecified atom stereocenters. The minimum Gasteiger partial charge on any atom is -0.352 e. The van der Waals surface area contributed by atoms with Crippen molar-refractivity contribution in [2.45, 2.75) is 63.5 Å². The van der Waals surface area contributed by atoms with E-state index in [-0.39, 0.29) is 24.4 Å². The van der Waals surface area contributed by atoms with Crippen molar-refractivity contribution in [3.05, 3.63) is 35.4 Å². The lowest BCUT2D eigenvalue weighted by Crippen LogP contribution is -2.48. The van der Waals surface area contributed by atoms with Crippen LogP contribution < -0.4 is 10.6 Å².